The van der Waals surface area contributed by atoms with E-state index in [4.69, 9.17) is 5.73 Å². The average molecular weight is 233 g/mol. The van der Waals surface area contributed by atoms with Crippen molar-refractivity contribution in [3.8, 4) is 0 Å². The molecule has 1 saturated carbocycles. The maximum atomic E-state index is 10.3. The van der Waals surface area contributed by atoms with Crippen LogP contribution in [0, 0.1) is 5.92 Å². The van der Waals surface area contributed by atoms with Gasteiger partial charge in [0.2, 0.25) is 0 Å². The largest absolute Gasteiger partial charge is 0.391 e. The van der Waals surface area contributed by atoms with E-state index >= 15 is 0 Å². The normalized spacial score (nSPS) is 21.1. The molecule has 94 valence electrons. The first kappa shape index (κ1) is 12.6. The van der Waals surface area contributed by atoms with Crippen LogP contribution in [0.25, 0.3) is 0 Å². The zero-order valence-corrected chi connectivity index (χ0v) is 10.4. The molecule has 0 radical (unpaired) electrons. The number of rotatable bonds is 4. The van der Waals surface area contributed by atoms with Crippen LogP contribution >= 0.6 is 0 Å². The van der Waals surface area contributed by atoms with Crippen LogP contribution in [0.1, 0.15) is 37.7 Å². The van der Waals surface area contributed by atoms with Gasteiger partial charge in [-0.15, -0.1) is 0 Å². The van der Waals surface area contributed by atoms with Crippen LogP contribution in [0.2, 0.25) is 0 Å². The molecule has 0 bridgehead atoms. The standard InChI is InChI=1S/C15H23NO/c16-14(11-12-7-3-1-4-8-12)15(17)13-9-5-2-6-10-13/h1,3-4,7-8,13-15,17H,2,5-6,9-11,16H2/t14-,15-/m1/s1. The summed E-state index contributed by atoms with van der Waals surface area (Å²) in [5, 5.41) is 10.3. The zero-order chi connectivity index (χ0) is 12.1. The summed E-state index contributed by atoms with van der Waals surface area (Å²) in [6.07, 6.45) is 6.54. The van der Waals surface area contributed by atoms with Gasteiger partial charge in [-0.3, -0.25) is 0 Å². The predicted octanol–water partition coefficient (Wildman–Crippen LogP) is 2.50. The predicted molar refractivity (Wildman–Crippen MR) is 70.7 cm³/mol. The van der Waals surface area contributed by atoms with Crippen LogP contribution in [0.4, 0.5) is 0 Å². The molecule has 2 rings (SSSR count). The van der Waals surface area contributed by atoms with Crippen LogP contribution in [0.5, 0.6) is 0 Å². The van der Waals surface area contributed by atoms with Crippen molar-refractivity contribution in [2.24, 2.45) is 11.7 Å². The number of aliphatic hydroxyl groups is 1. The molecule has 0 unspecified atom stereocenters. The van der Waals surface area contributed by atoms with Crippen molar-refractivity contribution in [2.45, 2.75) is 50.7 Å². The van der Waals surface area contributed by atoms with Gasteiger partial charge in [0, 0.05) is 6.04 Å². The van der Waals surface area contributed by atoms with Crippen LogP contribution in [0.3, 0.4) is 0 Å². The molecule has 17 heavy (non-hydrogen) atoms. The second-order valence-corrected chi connectivity index (χ2v) is 5.24. The summed E-state index contributed by atoms with van der Waals surface area (Å²) < 4.78 is 0. The number of aliphatic hydroxyl groups excluding tert-OH is 1. The third kappa shape index (κ3) is 3.55. The van der Waals surface area contributed by atoms with Crippen LogP contribution in [-0.2, 0) is 6.42 Å². The zero-order valence-electron chi connectivity index (χ0n) is 10.4. The van der Waals surface area contributed by atoms with Gasteiger partial charge in [-0.05, 0) is 30.7 Å². The monoisotopic (exact) mass is 233 g/mol. The van der Waals surface area contributed by atoms with E-state index in [-0.39, 0.29) is 12.1 Å². The summed E-state index contributed by atoms with van der Waals surface area (Å²) in [5.74, 6) is 0.419. The minimum absolute atomic E-state index is 0.125. The summed E-state index contributed by atoms with van der Waals surface area (Å²) >= 11 is 0. The molecular formula is C15H23NO. The Bertz CT molecular complexity index is 319. The topological polar surface area (TPSA) is 46.2 Å². The average Bonchev–Trinajstić information content (AvgIpc) is 2.40. The van der Waals surface area contributed by atoms with Crippen LogP contribution in [-0.4, -0.2) is 17.3 Å². The van der Waals surface area contributed by atoms with Gasteiger partial charge in [-0.25, -0.2) is 0 Å². The highest BCUT2D eigenvalue weighted by atomic mass is 16.3. The Kier molecular flexibility index (Phi) is 4.57. The first-order valence-corrected chi connectivity index (χ1v) is 6.75. The number of hydrogen-bond donors (Lipinski definition) is 2. The summed E-state index contributed by atoms with van der Waals surface area (Å²) in [6, 6.07) is 10.1. The van der Waals surface area contributed by atoms with Gasteiger partial charge in [0.1, 0.15) is 0 Å². The van der Waals surface area contributed by atoms with Crippen molar-refractivity contribution in [1.29, 1.82) is 0 Å². The van der Waals surface area contributed by atoms with Gasteiger partial charge in [0.15, 0.2) is 0 Å². The van der Waals surface area contributed by atoms with Crippen LogP contribution in [0.15, 0.2) is 30.3 Å². The van der Waals surface area contributed by atoms with Crippen molar-refractivity contribution in [3.05, 3.63) is 35.9 Å². The molecule has 0 spiro atoms. The van der Waals surface area contributed by atoms with Crippen molar-refractivity contribution in [2.75, 3.05) is 0 Å². The van der Waals surface area contributed by atoms with Gasteiger partial charge in [-0.1, -0.05) is 49.6 Å². The Hall–Kier alpha value is -0.860. The Morgan fingerprint density at radius 2 is 1.76 bits per heavy atom. The fourth-order valence-electron chi connectivity index (χ4n) is 2.83. The van der Waals surface area contributed by atoms with Gasteiger partial charge in [0.05, 0.1) is 6.10 Å². The van der Waals surface area contributed by atoms with Gasteiger partial charge in [0.25, 0.3) is 0 Å². The van der Waals surface area contributed by atoms with Crippen molar-refractivity contribution < 1.29 is 5.11 Å². The molecule has 1 fully saturated rings. The van der Waals surface area contributed by atoms with Crippen LogP contribution < -0.4 is 5.73 Å². The maximum Gasteiger partial charge on any atom is 0.0722 e. The molecule has 0 amide bonds. The minimum Gasteiger partial charge on any atom is -0.391 e. The van der Waals surface area contributed by atoms with E-state index in [0.717, 1.165) is 19.3 Å². The summed E-state index contributed by atoms with van der Waals surface area (Å²) in [4.78, 5) is 0. The molecule has 1 aromatic carbocycles. The lowest BCUT2D eigenvalue weighted by Crippen LogP contribution is -2.42. The number of nitrogens with two attached hydrogens (primary N) is 1. The van der Waals surface area contributed by atoms with E-state index in [1.807, 2.05) is 18.2 Å². The highest BCUT2D eigenvalue weighted by Crippen LogP contribution is 2.28. The van der Waals surface area contributed by atoms with E-state index in [1.165, 1.54) is 24.8 Å². The molecule has 3 N–H and O–H groups in total. The minimum atomic E-state index is -0.337. The molecular weight excluding hydrogens is 210 g/mol. The molecule has 2 atom stereocenters. The third-order valence-electron chi connectivity index (χ3n) is 3.89. The van der Waals surface area contributed by atoms with Crippen molar-refractivity contribution in [3.63, 3.8) is 0 Å². The second kappa shape index (κ2) is 6.18. The molecule has 1 aliphatic rings. The highest BCUT2D eigenvalue weighted by molar-refractivity contribution is 5.16. The fraction of sp³-hybridized carbons (Fsp3) is 0.600. The lowest BCUT2D eigenvalue weighted by atomic mass is 9.81. The molecule has 0 aromatic heterocycles. The number of benzene rings is 1. The van der Waals surface area contributed by atoms with Crippen molar-refractivity contribution >= 4 is 0 Å². The Balaban J connectivity index is 1.88. The Morgan fingerprint density at radius 1 is 1.12 bits per heavy atom. The first-order valence-electron chi connectivity index (χ1n) is 6.75. The molecule has 1 aliphatic carbocycles. The van der Waals surface area contributed by atoms with Gasteiger partial charge in [-0.2, -0.15) is 0 Å². The molecule has 0 aliphatic heterocycles. The van der Waals surface area contributed by atoms with E-state index in [2.05, 4.69) is 12.1 Å². The van der Waals surface area contributed by atoms with Crippen molar-refractivity contribution in [1.82, 2.24) is 0 Å². The second-order valence-electron chi connectivity index (χ2n) is 5.24. The number of hydrogen-bond acceptors (Lipinski definition) is 2. The van der Waals surface area contributed by atoms with E-state index in [1.54, 1.807) is 0 Å². The molecule has 0 heterocycles. The summed E-state index contributed by atoms with van der Waals surface area (Å²) in [5.41, 5.74) is 7.35. The molecule has 2 heteroatoms. The molecule has 2 nitrogen and oxygen atoms in total. The smallest absolute Gasteiger partial charge is 0.0722 e. The lowest BCUT2D eigenvalue weighted by molar-refractivity contribution is 0.0620. The van der Waals surface area contributed by atoms with E-state index < -0.39 is 0 Å². The van der Waals surface area contributed by atoms with E-state index in [0.29, 0.717) is 5.92 Å². The lowest BCUT2D eigenvalue weighted by Gasteiger charge is -2.30. The van der Waals surface area contributed by atoms with Gasteiger partial charge >= 0.3 is 0 Å². The van der Waals surface area contributed by atoms with Gasteiger partial charge < -0.3 is 10.8 Å². The SMILES string of the molecule is N[C@H](Cc1ccccc1)[C@H](O)C1CCCCC1. The third-order valence-corrected chi connectivity index (χ3v) is 3.89. The summed E-state index contributed by atoms with van der Waals surface area (Å²) in [6.45, 7) is 0. The fourth-order valence-corrected chi connectivity index (χ4v) is 2.83. The molecule has 1 aromatic rings. The Labute approximate surface area is 104 Å². The maximum absolute atomic E-state index is 10.3. The summed E-state index contributed by atoms with van der Waals surface area (Å²) in [7, 11) is 0. The quantitative estimate of drug-likeness (QED) is 0.839. The Morgan fingerprint density at radius 3 is 2.41 bits per heavy atom. The highest BCUT2D eigenvalue weighted by Gasteiger charge is 2.26. The molecule has 0 saturated heterocycles. The van der Waals surface area contributed by atoms with E-state index in [9.17, 15) is 5.11 Å². The first-order chi connectivity index (χ1) is 8.27.